The van der Waals surface area contributed by atoms with Gasteiger partial charge in [-0.1, -0.05) is 29.3 Å². The van der Waals surface area contributed by atoms with E-state index in [9.17, 15) is 4.79 Å². The molecule has 0 saturated heterocycles. The number of halogens is 2. The molecule has 3 heterocycles. The summed E-state index contributed by atoms with van der Waals surface area (Å²) in [5, 5.41) is 3.26. The molecule has 3 aromatic heterocycles. The average molecular weight is 356 g/mol. The minimum absolute atomic E-state index is 0.216. The van der Waals surface area contributed by atoms with E-state index >= 15 is 0 Å². The second kappa shape index (κ2) is 6.16. The van der Waals surface area contributed by atoms with Crippen molar-refractivity contribution in [1.29, 1.82) is 0 Å². The predicted molar refractivity (Wildman–Crippen MR) is 88.2 cm³/mol. The molecule has 8 heteroatoms. The molecule has 3 rings (SSSR count). The number of rotatable bonds is 4. The summed E-state index contributed by atoms with van der Waals surface area (Å²) in [5.74, 6) is 0.317. The summed E-state index contributed by atoms with van der Waals surface area (Å²) in [6.45, 7) is 0.372. The van der Waals surface area contributed by atoms with E-state index < -0.39 is 0 Å². The van der Waals surface area contributed by atoms with Gasteiger partial charge in [0.2, 0.25) is 5.88 Å². The Labute approximate surface area is 140 Å². The standard InChI is InChI=1S/C14H11Cl2N3O2S/c1-21-10-3-2-7(5-17-10)6-18-14(20)8-4-9-12(19-8)11(15)13(16)22-9/h2-5,19H,6H2,1H3,(H,18,20). The molecule has 22 heavy (non-hydrogen) atoms. The van der Waals surface area contributed by atoms with Crippen molar-refractivity contribution in [2.75, 3.05) is 7.11 Å². The Hall–Kier alpha value is -1.76. The van der Waals surface area contributed by atoms with E-state index in [-0.39, 0.29) is 5.91 Å². The fourth-order valence-corrected chi connectivity index (χ4v) is 3.44. The molecule has 0 unspecified atom stereocenters. The van der Waals surface area contributed by atoms with Crippen LogP contribution < -0.4 is 10.1 Å². The van der Waals surface area contributed by atoms with E-state index in [1.54, 1.807) is 25.4 Å². The molecule has 0 fully saturated rings. The molecule has 1 amide bonds. The van der Waals surface area contributed by atoms with Crippen molar-refractivity contribution in [3.8, 4) is 5.88 Å². The number of methoxy groups -OCH3 is 1. The molecule has 0 spiro atoms. The normalized spacial score (nSPS) is 10.9. The highest BCUT2D eigenvalue weighted by Crippen LogP contribution is 2.38. The summed E-state index contributed by atoms with van der Waals surface area (Å²) in [5.41, 5.74) is 2.01. The van der Waals surface area contributed by atoms with Gasteiger partial charge in [-0.2, -0.15) is 0 Å². The van der Waals surface area contributed by atoms with Gasteiger partial charge >= 0.3 is 0 Å². The first-order valence-electron chi connectivity index (χ1n) is 6.32. The smallest absolute Gasteiger partial charge is 0.268 e. The highest BCUT2D eigenvalue weighted by atomic mass is 35.5. The molecule has 0 aliphatic rings. The van der Waals surface area contributed by atoms with Crippen molar-refractivity contribution in [3.63, 3.8) is 0 Å². The number of carbonyl (C=O) groups is 1. The summed E-state index contributed by atoms with van der Waals surface area (Å²) in [6.07, 6.45) is 1.66. The van der Waals surface area contributed by atoms with Gasteiger partial charge in [-0.25, -0.2) is 4.98 Å². The van der Waals surface area contributed by atoms with E-state index in [4.69, 9.17) is 27.9 Å². The predicted octanol–water partition coefficient (Wildman–Crippen LogP) is 3.87. The third-order valence-electron chi connectivity index (χ3n) is 3.08. The van der Waals surface area contributed by atoms with Gasteiger partial charge in [0, 0.05) is 18.8 Å². The maximum Gasteiger partial charge on any atom is 0.268 e. The zero-order valence-corrected chi connectivity index (χ0v) is 13.8. The number of thiophene rings is 1. The minimum Gasteiger partial charge on any atom is -0.481 e. The SMILES string of the molecule is COc1ccc(CNC(=O)c2cc3sc(Cl)c(Cl)c3[nH]2)cn1. The lowest BCUT2D eigenvalue weighted by atomic mass is 10.3. The molecule has 0 aromatic carbocycles. The van der Waals surface area contributed by atoms with Gasteiger partial charge in [0.15, 0.2) is 0 Å². The minimum atomic E-state index is -0.216. The van der Waals surface area contributed by atoms with Crippen LogP contribution in [-0.4, -0.2) is 23.0 Å². The Balaban J connectivity index is 1.69. The van der Waals surface area contributed by atoms with E-state index in [1.807, 2.05) is 6.07 Å². The number of fused-ring (bicyclic) bond motifs is 1. The van der Waals surface area contributed by atoms with Crippen LogP contribution in [0.15, 0.2) is 24.4 Å². The van der Waals surface area contributed by atoms with E-state index in [0.29, 0.717) is 33.0 Å². The number of aromatic amines is 1. The summed E-state index contributed by atoms with van der Waals surface area (Å²) >= 11 is 13.3. The van der Waals surface area contributed by atoms with Crippen LogP contribution in [0.3, 0.4) is 0 Å². The summed E-state index contributed by atoms with van der Waals surface area (Å²) in [6, 6.07) is 5.32. The average Bonchev–Trinajstić information content (AvgIpc) is 3.06. The number of pyridine rings is 1. The topological polar surface area (TPSA) is 67.0 Å². The number of nitrogens with zero attached hydrogens (tertiary/aromatic N) is 1. The van der Waals surface area contributed by atoms with Gasteiger partial charge in [-0.05, 0) is 11.6 Å². The van der Waals surface area contributed by atoms with Crippen molar-refractivity contribution in [3.05, 3.63) is 45.0 Å². The lowest BCUT2D eigenvalue weighted by Crippen LogP contribution is -2.23. The van der Waals surface area contributed by atoms with Crippen molar-refractivity contribution in [1.82, 2.24) is 15.3 Å². The van der Waals surface area contributed by atoms with Crippen LogP contribution >= 0.6 is 34.5 Å². The molecule has 3 aromatic rings. The quantitative estimate of drug-likeness (QED) is 0.746. The lowest BCUT2D eigenvalue weighted by Gasteiger charge is -2.04. The number of ether oxygens (including phenoxy) is 1. The molecule has 0 radical (unpaired) electrons. The second-order valence-electron chi connectivity index (χ2n) is 4.50. The van der Waals surface area contributed by atoms with Crippen molar-refractivity contribution >= 4 is 50.7 Å². The first-order valence-corrected chi connectivity index (χ1v) is 7.89. The van der Waals surface area contributed by atoms with Crippen LogP contribution in [0, 0.1) is 0 Å². The highest BCUT2D eigenvalue weighted by Gasteiger charge is 2.15. The third kappa shape index (κ3) is 2.90. The molecular formula is C14H11Cl2N3O2S. The highest BCUT2D eigenvalue weighted by molar-refractivity contribution is 7.23. The van der Waals surface area contributed by atoms with Crippen molar-refractivity contribution in [2.24, 2.45) is 0 Å². The number of carbonyl (C=O) groups excluding carboxylic acids is 1. The van der Waals surface area contributed by atoms with Crippen molar-refractivity contribution in [2.45, 2.75) is 6.54 Å². The molecule has 0 saturated carbocycles. The van der Waals surface area contributed by atoms with Gasteiger partial charge in [0.25, 0.3) is 5.91 Å². The van der Waals surface area contributed by atoms with Gasteiger partial charge in [-0.3, -0.25) is 4.79 Å². The number of H-pyrrole nitrogens is 1. The Kier molecular flexibility index (Phi) is 4.24. The van der Waals surface area contributed by atoms with Crippen LogP contribution in [0.1, 0.15) is 16.1 Å². The first kappa shape index (κ1) is 15.1. The zero-order valence-electron chi connectivity index (χ0n) is 11.4. The molecule has 0 aliphatic heterocycles. The fourth-order valence-electron chi connectivity index (χ4n) is 1.95. The number of nitrogens with one attached hydrogen (secondary N) is 2. The Bertz CT molecular complexity index is 827. The number of aromatic nitrogens is 2. The van der Waals surface area contributed by atoms with E-state index in [0.717, 1.165) is 10.3 Å². The molecule has 114 valence electrons. The van der Waals surface area contributed by atoms with Gasteiger partial charge < -0.3 is 15.0 Å². The van der Waals surface area contributed by atoms with Crippen molar-refractivity contribution < 1.29 is 9.53 Å². The van der Waals surface area contributed by atoms with Gasteiger partial charge in [-0.15, -0.1) is 11.3 Å². The molecular weight excluding hydrogens is 345 g/mol. The van der Waals surface area contributed by atoms with Crippen LogP contribution in [-0.2, 0) is 6.54 Å². The summed E-state index contributed by atoms with van der Waals surface area (Å²) in [4.78, 5) is 19.2. The molecule has 0 aliphatic carbocycles. The number of hydrogen-bond donors (Lipinski definition) is 2. The fraction of sp³-hybridized carbons (Fsp3) is 0.143. The summed E-state index contributed by atoms with van der Waals surface area (Å²) < 4.78 is 6.35. The molecule has 0 bridgehead atoms. The summed E-state index contributed by atoms with van der Waals surface area (Å²) in [7, 11) is 1.55. The largest absolute Gasteiger partial charge is 0.481 e. The second-order valence-corrected chi connectivity index (χ2v) is 6.54. The van der Waals surface area contributed by atoms with E-state index in [2.05, 4.69) is 15.3 Å². The first-order chi connectivity index (χ1) is 10.6. The Morgan fingerprint density at radius 2 is 2.27 bits per heavy atom. The monoisotopic (exact) mass is 355 g/mol. The molecule has 5 nitrogen and oxygen atoms in total. The van der Waals surface area contributed by atoms with Gasteiger partial charge in [0.05, 0.1) is 22.3 Å². The Morgan fingerprint density at radius 3 is 2.91 bits per heavy atom. The maximum absolute atomic E-state index is 12.1. The van der Waals surface area contributed by atoms with Gasteiger partial charge in [0.1, 0.15) is 10.0 Å². The van der Waals surface area contributed by atoms with Crippen LogP contribution in [0.4, 0.5) is 0 Å². The zero-order chi connectivity index (χ0) is 15.7. The third-order valence-corrected chi connectivity index (χ3v) is 5.01. The van der Waals surface area contributed by atoms with Crippen LogP contribution in [0.25, 0.3) is 10.2 Å². The number of hydrogen-bond acceptors (Lipinski definition) is 4. The lowest BCUT2D eigenvalue weighted by molar-refractivity contribution is 0.0947. The van der Waals surface area contributed by atoms with E-state index in [1.165, 1.54) is 11.3 Å². The Morgan fingerprint density at radius 1 is 1.45 bits per heavy atom. The van der Waals surface area contributed by atoms with Crippen LogP contribution in [0.5, 0.6) is 5.88 Å². The number of amides is 1. The molecule has 0 atom stereocenters. The maximum atomic E-state index is 12.1. The molecule has 2 N–H and O–H groups in total. The van der Waals surface area contributed by atoms with Crippen LogP contribution in [0.2, 0.25) is 9.36 Å².